The minimum absolute atomic E-state index is 0.123. The number of fused-ring (bicyclic) bond motifs is 1. The molecule has 1 unspecified atom stereocenters. The van der Waals surface area contributed by atoms with Crippen molar-refractivity contribution in [2.75, 3.05) is 36.5 Å². The van der Waals surface area contributed by atoms with E-state index in [9.17, 15) is 18.0 Å². The van der Waals surface area contributed by atoms with E-state index in [0.717, 1.165) is 30.5 Å². The number of sulfone groups is 1. The number of benzene rings is 2. The van der Waals surface area contributed by atoms with Gasteiger partial charge in [-0.1, -0.05) is 18.2 Å². The summed E-state index contributed by atoms with van der Waals surface area (Å²) in [4.78, 5) is 24.6. The summed E-state index contributed by atoms with van der Waals surface area (Å²) in [5, 5.41) is 9.06. The number of carbonyl (C=O) groups excluding carboxylic acids is 2. The molecular formula is C26H31N3O5S. The molecule has 2 aliphatic rings. The summed E-state index contributed by atoms with van der Waals surface area (Å²) in [5.41, 5.74) is 4.52. The van der Waals surface area contributed by atoms with Gasteiger partial charge in [-0.15, -0.1) is 0 Å². The average Bonchev–Trinajstić information content (AvgIpc) is 2.83. The SMILES string of the molecule is CCOC(=O)CC1CCc2ccc(NC(=O)c3ccc(C=NN4CCS(=O)(=O)CC4)cc3)cc2C1. The summed E-state index contributed by atoms with van der Waals surface area (Å²) >= 11 is 0. The molecule has 0 aromatic heterocycles. The Kier molecular flexibility index (Phi) is 7.85. The maximum Gasteiger partial charge on any atom is 0.306 e. The lowest BCUT2D eigenvalue weighted by Gasteiger charge is -2.24. The molecule has 9 heteroatoms. The van der Waals surface area contributed by atoms with E-state index in [1.165, 1.54) is 11.1 Å². The number of rotatable bonds is 7. The number of hydrogen-bond acceptors (Lipinski definition) is 7. The third-order valence-corrected chi connectivity index (χ3v) is 8.03. The Morgan fingerprint density at radius 3 is 2.57 bits per heavy atom. The average molecular weight is 498 g/mol. The van der Waals surface area contributed by atoms with Gasteiger partial charge in [0.2, 0.25) is 0 Å². The molecule has 1 amide bonds. The summed E-state index contributed by atoms with van der Waals surface area (Å²) in [6.45, 7) is 3.00. The molecule has 1 atom stereocenters. The standard InChI is InChI=1S/C26H31N3O5S/c1-2-34-25(30)16-20-5-6-21-9-10-24(17-23(21)15-20)28-26(31)22-7-3-19(4-8-22)18-27-29-11-13-35(32,33)14-12-29/h3-4,7-10,17-18,20H,2,5-6,11-16H2,1H3,(H,28,31). The number of anilines is 1. The molecule has 2 aromatic carbocycles. The molecule has 1 N–H and O–H groups in total. The van der Waals surface area contributed by atoms with Crippen LogP contribution in [0.2, 0.25) is 0 Å². The van der Waals surface area contributed by atoms with Crippen molar-refractivity contribution in [2.24, 2.45) is 11.0 Å². The second-order valence-corrected chi connectivity index (χ2v) is 11.3. The first-order valence-electron chi connectivity index (χ1n) is 12.0. The molecule has 1 aliphatic carbocycles. The Bertz CT molecular complexity index is 1190. The van der Waals surface area contributed by atoms with Gasteiger partial charge in [-0.25, -0.2) is 8.42 Å². The number of nitrogens with zero attached hydrogens (tertiary/aromatic N) is 2. The Morgan fingerprint density at radius 2 is 1.86 bits per heavy atom. The minimum atomic E-state index is -2.93. The number of nitrogens with one attached hydrogen (secondary N) is 1. The lowest BCUT2D eigenvalue weighted by Crippen LogP contribution is -2.37. The van der Waals surface area contributed by atoms with Crippen LogP contribution >= 0.6 is 0 Å². The molecule has 0 bridgehead atoms. The summed E-state index contributed by atoms with van der Waals surface area (Å²) in [5.74, 6) is 0.156. The van der Waals surface area contributed by atoms with Gasteiger partial charge in [-0.2, -0.15) is 5.10 Å². The third-order valence-electron chi connectivity index (χ3n) is 6.42. The first kappa shape index (κ1) is 24.9. The smallest absolute Gasteiger partial charge is 0.306 e. The van der Waals surface area contributed by atoms with Gasteiger partial charge >= 0.3 is 5.97 Å². The number of hydrazone groups is 1. The van der Waals surface area contributed by atoms with Crippen molar-refractivity contribution >= 4 is 33.6 Å². The van der Waals surface area contributed by atoms with Crippen LogP contribution in [0.4, 0.5) is 5.69 Å². The van der Waals surface area contributed by atoms with E-state index in [-0.39, 0.29) is 29.3 Å². The highest BCUT2D eigenvalue weighted by molar-refractivity contribution is 7.91. The van der Waals surface area contributed by atoms with E-state index in [2.05, 4.69) is 16.5 Å². The number of carbonyl (C=O) groups is 2. The van der Waals surface area contributed by atoms with Crippen LogP contribution in [0.5, 0.6) is 0 Å². The first-order chi connectivity index (χ1) is 16.8. The summed E-state index contributed by atoms with van der Waals surface area (Å²) in [7, 11) is -2.93. The van der Waals surface area contributed by atoms with Crippen molar-refractivity contribution in [3.05, 3.63) is 64.7 Å². The molecule has 1 heterocycles. The van der Waals surface area contributed by atoms with E-state index in [1.54, 1.807) is 23.4 Å². The van der Waals surface area contributed by atoms with Crippen molar-refractivity contribution < 1.29 is 22.7 Å². The third kappa shape index (κ3) is 6.91. The molecule has 4 rings (SSSR count). The van der Waals surface area contributed by atoms with E-state index in [1.807, 2.05) is 31.2 Å². The Balaban J connectivity index is 1.33. The highest BCUT2D eigenvalue weighted by Gasteiger charge is 2.22. The molecule has 0 saturated carbocycles. The molecule has 186 valence electrons. The number of esters is 1. The highest BCUT2D eigenvalue weighted by atomic mass is 32.2. The summed E-state index contributed by atoms with van der Waals surface area (Å²) < 4.78 is 28.1. The maximum absolute atomic E-state index is 12.8. The zero-order valence-corrected chi connectivity index (χ0v) is 20.7. The van der Waals surface area contributed by atoms with Gasteiger partial charge in [0.1, 0.15) is 0 Å². The molecular weight excluding hydrogens is 466 g/mol. The second kappa shape index (κ2) is 11.0. The lowest BCUT2D eigenvalue weighted by atomic mass is 9.82. The van der Waals surface area contributed by atoms with Crippen LogP contribution in [0, 0.1) is 5.92 Å². The van der Waals surface area contributed by atoms with E-state index >= 15 is 0 Å². The van der Waals surface area contributed by atoms with Gasteiger partial charge in [-0.3, -0.25) is 14.6 Å². The lowest BCUT2D eigenvalue weighted by molar-refractivity contribution is -0.144. The maximum atomic E-state index is 12.8. The zero-order valence-electron chi connectivity index (χ0n) is 19.9. The van der Waals surface area contributed by atoms with Crippen molar-refractivity contribution in [3.8, 4) is 0 Å². The van der Waals surface area contributed by atoms with Gasteiger partial charge in [0.15, 0.2) is 9.84 Å². The van der Waals surface area contributed by atoms with Crippen LogP contribution < -0.4 is 5.32 Å². The fourth-order valence-corrected chi connectivity index (χ4v) is 5.61. The van der Waals surface area contributed by atoms with Crippen LogP contribution in [0.3, 0.4) is 0 Å². The van der Waals surface area contributed by atoms with Gasteiger partial charge in [0, 0.05) is 17.7 Å². The van der Waals surface area contributed by atoms with Crippen molar-refractivity contribution in [1.29, 1.82) is 0 Å². The van der Waals surface area contributed by atoms with Gasteiger partial charge in [0.25, 0.3) is 5.91 Å². The molecule has 35 heavy (non-hydrogen) atoms. The van der Waals surface area contributed by atoms with Crippen LogP contribution in [0.1, 0.15) is 46.8 Å². The van der Waals surface area contributed by atoms with Crippen LogP contribution in [-0.4, -0.2) is 62.7 Å². The van der Waals surface area contributed by atoms with E-state index in [4.69, 9.17) is 4.74 Å². The Hall–Kier alpha value is -3.20. The normalized spacial score (nSPS) is 19.2. The van der Waals surface area contributed by atoms with Crippen LogP contribution in [0.15, 0.2) is 47.6 Å². The van der Waals surface area contributed by atoms with E-state index in [0.29, 0.717) is 31.7 Å². The first-order valence-corrected chi connectivity index (χ1v) is 13.8. The number of hydrogen-bond donors (Lipinski definition) is 1. The monoisotopic (exact) mass is 497 g/mol. The quantitative estimate of drug-likeness (QED) is 0.466. The topological polar surface area (TPSA) is 105 Å². The molecule has 1 fully saturated rings. The van der Waals surface area contributed by atoms with Gasteiger partial charge in [-0.05, 0) is 73.1 Å². The Labute approximate surface area is 206 Å². The van der Waals surface area contributed by atoms with Crippen LogP contribution in [0.25, 0.3) is 0 Å². The fraction of sp³-hybridized carbons (Fsp3) is 0.423. The van der Waals surface area contributed by atoms with Crippen molar-refractivity contribution in [3.63, 3.8) is 0 Å². The largest absolute Gasteiger partial charge is 0.466 e. The van der Waals surface area contributed by atoms with Gasteiger partial charge in [0.05, 0.1) is 37.4 Å². The predicted octanol–water partition coefficient (Wildman–Crippen LogP) is 3.06. The number of ether oxygens (including phenoxy) is 1. The summed E-state index contributed by atoms with van der Waals surface area (Å²) in [6.07, 6.45) is 4.79. The minimum Gasteiger partial charge on any atom is -0.466 e. The molecule has 1 saturated heterocycles. The number of amides is 1. The van der Waals surface area contributed by atoms with Crippen molar-refractivity contribution in [1.82, 2.24) is 5.01 Å². The van der Waals surface area contributed by atoms with E-state index < -0.39 is 9.84 Å². The predicted molar refractivity (Wildman–Crippen MR) is 135 cm³/mol. The molecule has 8 nitrogen and oxygen atoms in total. The fourth-order valence-electron chi connectivity index (χ4n) is 4.43. The molecule has 1 aliphatic heterocycles. The molecule has 0 spiro atoms. The molecule has 0 radical (unpaired) electrons. The van der Waals surface area contributed by atoms with Gasteiger partial charge < -0.3 is 10.1 Å². The zero-order chi connectivity index (χ0) is 24.8. The summed E-state index contributed by atoms with van der Waals surface area (Å²) in [6, 6.07) is 13.1. The Morgan fingerprint density at radius 1 is 1.11 bits per heavy atom. The molecule has 2 aromatic rings. The highest BCUT2D eigenvalue weighted by Crippen LogP contribution is 2.30. The van der Waals surface area contributed by atoms with Crippen LogP contribution in [-0.2, 0) is 32.2 Å². The second-order valence-electron chi connectivity index (χ2n) is 9.03. The van der Waals surface area contributed by atoms with Crippen molar-refractivity contribution in [2.45, 2.75) is 32.6 Å². The number of aryl methyl sites for hydroxylation is 1.